The number of alkyl halides is 3. The van der Waals surface area contributed by atoms with Gasteiger partial charge in [0.15, 0.2) is 0 Å². The largest absolute Gasteiger partial charge is 0.489 e. The molecule has 2 N–H and O–H groups in total. The van der Waals surface area contributed by atoms with Crippen molar-refractivity contribution < 1.29 is 27.8 Å². The highest BCUT2D eigenvalue weighted by Gasteiger charge is 2.31. The number of halogens is 3. The van der Waals surface area contributed by atoms with Crippen molar-refractivity contribution in [3.63, 3.8) is 0 Å². The summed E-state index contributed by atoms with van der Waals surface area (Å²) in [5.74, 6) is -1.16. The summed E-state index contributed by atoms with van der Waals surface area (Å²) in [5.41, 5.74) is 1.82. The van der Waals surface area contributed by atoms with Crippen LogP contribution < -0.4 is 10.1 Å². The van der Waals surface area contributed by atoms with Gasteiger partial charge in [-0.05, 0) is 37.6 Å². The molecule has 0 bridgehead atoms. The van der Waals surface area contributed by atoms with Crippen molar-refractivity contribution in [1.29, 1.82) is 0 Å². The maximum Gasteiger partial charge on any atom is 0.416 e. The minimum absolute atomic E-state index is 0.0697. The number of carboxylic acids is 1. The summed E-state index contributed by atoms with van der Waals surface area (Å²) in [6, 6.07) is 11.9. The standard InChI is InChI=1S/C22H20F3NO3/c1-13-10-18(20(21(27)28)14(2)26-13)17-8-3-4-9-19(17)29-12-15-6-5-7-16(11-15)22(23,24)25/h3-11,18,26H,12H2,1-2H3,(H,27,28). The lowest BCUT2D eigenvalue weighted by molar-refractivity contribution is -0.137. The van der Waals surface area contributed by atoms with Gasteiger partial charge in [-0.1, -0.05) is 36.4 Å². The number of dihydropyridines is 1. The third-order valence-electron chi connectivity index (χ3n) is 4.65. The summed E-state index contributed by atoms with van der Waals surface area (Å²) in [4.78, 5) is 11.8. The first-order valence-electron chi connectivity index (χ1n) is 8.94. The van der Waals surface area contributed by atoms with Gasteiger partial charge >= 0.3 is 12.1 Å². The van der Waals surface area contributed by atoms with Gasteiger partial charge in [0.2, 0.25) is 0 Å². The van der Waals surface area contributed by atoms with Crippen LogP contribution in [0.15, 0.2) is 71.6 Å². The lowest BCUT2D eigenvalue weighted by Gasteiger charge is -2.26. The number of benzene rings is 2. The second-order valence-electron chi connectivity index (χ2n) is 6.82. The van der Waals surface area contributed by atoms with E-state index in [1.54, 1.807) is 43.3 Å². The van der Waals surface area contributed by atoms with Gasteiger partial charge in [0.25, 0.3) is 0 Å². The van der Waals surface area contributed by atoms with Crippen LogP contribution in [-0.4, -0.2) is 11.1 Å². The third kappa shape index (κ3) is 4.62. The summed E-state index contributed by atoms with van der Waals surface area (Å²) in [5, 5.41) is 12.7. The Morgan fingerprint density at radius 1 is 1.14 bits per heavy atom. The zero-order valence-electron chi connectivity index (χ0n) is 15.9. The molecule has 1 unspecified atom stereocenters. The molecule has 0 aromatic heterocycles. The summed E-state index contributed by atoms with van der Waals surface area (Å²) in [6.45, 7) is 3.46. The van der Waals surface area contributed by atoms with Gasteiger partial charge in [0, 0.05) is 22.9 Å². The molecule has 29 heavy (non-hydrogen) atoms. The molecule has 152 valence electrons. The lowest BCUT2D eigenvalue weighted by Crippen LogP contribution is -2.24. The number of ether oxygens (including phenoxy) is 1. The Morgan fingerprint density at radius 2 is 1.86 bits per heavy atom. The zero-order valence-corrected chi connectivity index (χ0v) is 15.9. The van der Waals surface area contributed by atoms with E-state index >= 15 is 0 Å². The summed E-state index contributed by atoms with van der Waals surface area (Å²) < 4.78 is 44.6. The molecular weight excluding hydrogens is 383 g/mol. The molecule has 7 heteroatoms. The van der Waals surface area contributed by atoms with E-state index in [0.717, 1.165) is 17.8 Å². The van der Waals surface area contributed by atoms with E-state index in [4.69, 9.17) is 4.74 Å². The van der Waals surface area contributed by atoms with E-state index in [1.807, 2.05) is 6.92 Å². The molecule has 0 amide bonds. The first kappa shape index (κ1) is 20.5. The van der Waals surface area contributed by atoms with Crippen molar-refractivity contribution in [2.75, 3.05) is 0 Å². The van der Waals surface area contributed by atoms with Crippen LogP contribution >= 0.6 is 0 Å². The van der Waals surface area contributed by atoms with Crippen molar-refractivity contribution in [2.24, 2.45) is 0 Å². The molecule has 3 rings (SSSR count). The van der Waals surface area contributed by atoms with E-state index in [0.29, 0.717) is 22.6 Å². The monoisotopic (exact) mass is 403 g/mol. The summed E-state index contributed by atoms with van der Waals surface area (Å²) >= 11 is 0. The van der Waals surface area contributed by atoms with Gasteiger partial charge < -0.3 is 15.2 Å². The van der Waals surface area contributed by atoms with Gasteiger partial charge in [0.05, 0.1) is 11.1 Å². The summed E-state index contributed by atoms with van der Waals surface area (Å²) in [6.07, 6.45) is -2.63. The summed E-state index contributed by atoms with van der Waals surface area (Å²) in [7, 11) is 0. The average molecular weight is 403 g/mol. The van der Waals surface area contributed by atoms with Crippen molar-refractivity contribution >= 4 is 5.97 Å². The number of nitrogens with one attached hydrogen (secondary N) is 1. The molecule has 0 aliphatic carbocycles. The van der Waals surface area contributed by atoms with E-state index in [-0.39, 0.29) is 12.2 Å². The van der Waals surface area contributed by atoms with Crippen molar-refractivity contribution in [1.82, 2.24) is 5.32 Å². The van der Waals surface area contributed by atoms with Gasteiger partial charge in [-0.25, -0.2) is 4.79 Å². The Balaban J connectivity index is 1.90. The maximum absolute atomic E-state index is 12.9. The number of rotatable bonds is 5. The number of aliphatic carboxylic acids is 1. The second-order valence-corrected chi connectivity index (χ2v) is 6.82. The number of carbonyl (C=O) groups is 1. The number of allylic oxidation sites excluding steroid dienone is 3. The molecule has 1 atom stereocenters. The highest BCUT2D eigenvalue weighted by molar-refractivity contribution is 5.90. The Bertz CT molecular complexity index is 993. The van der Waals surface area contributed by atoms with Crippen LogP contribution in [0.3, 0.4) is 0 Å². The van der Waals surface area contributed by atoms with Crippen LogP contribution in [0.4, 0.5) is 13.2 Å². The molecule has 1 aliphatic heterocycles. The predicted octanol–water partition coefficient (Wildman–Crippen LogP) is 5.23. The molecule has 1 heterocycles. The van der Waals surface area contributed by atoms with Crippen LogP contribution in [-0.2, 0) is 17.6 Å². The minimum Gasteiger partial charge on any atom is -0.489 e. The maximum atomic E-state index is 12.9. The number of hydrogen-bond donors (Lipinski definition) is 2. The van der Waals surface area contributed by atoms with Gasteiger partial charge in [-0.15, -0.1) is 0 Å². The Labute approximate surface area is 166 Å². The van der Waals surface area contributed by atoms with E-state index in [2.05, 4.69) is 5.32 Å². The average Bonchev–Trinajstić information content (AvgIpc) is 2.65. The van der Waals surface area contributed by atoms with Crippen molar-refractivity contribution in [3.05, 3.63) is 88.3 Å². The topological polar surface area (TPSA) is 58.6 Å². The molecule has 1 aliphatic rings. The fraction of sp³-hybridized carbons (Fsp3) is 0.227. The number of para-hydroxylation sites is 1. The van der Waals surface area contributed by atoms with Crippen molar-refractivity contribution in [2.45, 2.75) is 32.5 Å². The predicted molar refractivity (Wildman–Crippen MR) is 102 cm³/mol. The van der Waals surface area contributed by atoms with Crippen LogP contribution in [0, 0.1) is 0 Å². The molecule has 0 fully saturated rings. The fourth-order valence-electron chi connectivity index (χ4n) is 3.38. The van der Waals surface area contributed by atoms with Crippen LogP contribution in [0.2, 0.25) is 0 Å². The number of carboxylic acid groups (broad SMARTS) is 1. The van der Waals surface area contributed by atoms with Crippen LogP contribution in [0.1, 0.15) is 36.5 Å². The van der Waals surface area contributed by atoms with Gasteiger partial charge in [-0.2, -0.15) is 13.2 Å². The van der Waals surface area contributed by atoms with Gasteiger partial charge in [0.1, 0.15) is 12.4 Å². The van der Waals surface area contributed by atoms with E-state index in [9.17, 15) is 23.1 Å². The van der Waals surface area contributed by atoms with Crippen molar-refractivity contribution in [3.8, 4) is 5.75 Å². The minimum atomic E-state index is -4.43. The van der Waals surface area contributed by atoms with Gasteiger partial charge in [-0.3, -0.25) is 0 Å². The Kier molecular flexibility index (Phi) is 5.68. The quantitative estimate of drug-likeness (QED) is 0.717. The van der Waals surface area contributed by atoms with E-state index in [1.165, 1.54) is 6.07 Å². The first-order valence-corrected chi connectivity index (χ1v) is 8.94. The molecular formula is C22H20F3NO3. The molecule has 0 radical (unpaired) electrons. The van der Waals surface area contributed by atoms with Crippen LogP contribution in [0.25, 0.3) is 0 Å². The first-order chi connectivity index (χ1) is 13.7. The molecule has 0 saturated heterocycles. The molecule has 2 aromatic rings. The highest BCUT2D eigenvalue weighted by Crippen LogP contribution is 2.37. The highest BCUT2D eigenvalue weighted by atomic mass is 19.4. The Morgan fingerprint density at radius 3 is 2.55 bits per heavy atom. The van der Waals surface area contributed by atoms with Crippen LogP contribution in [0.5, 0.6) is 5.75 Å². The molecule has 4 nitrogen and oxygen atoms in total. The second kappa shape index (κ2) is 8.03. The molecule has 2 aromatic carbocycles. The SMILES string of the molecule is CC1=CC(c2ccccc2OCc2cccc(C(F)(F)F)c2)C(C(=O)O)=C(C)N1. The normalized spacial score (nSPS) is 16.9. The lowest BCUT2D eigenvalue weighted by atomic mass is 9.86. The number of hydrogen-bond acceptors (Lipinski definition) is 3. The molecule has 0 saturated carbocycles. The molecule has 0 spiro atoms. The third-order valence-corrected chi connectivity index (χ3v) is 4.65. The smallest absolute Gasteiger partial charge is 0.416 e. The fourth-order valence-corrected chi connectivity index (χ4v) is 3.38. The van der Waals surface area contributed by atoms with E-state index < -0.39 is 23.6 Å². The Hall–Kier alpha value is -3.22. The zero-order chi connectivity index (χ0) is 21.2.